The normalized spacial score (nSPS) is 11.1. The van der Waals surface area contributed by atoms with E-state index >= 15 is 0 Å². The van der Waals surface area contributed by atoms with Crippen molar-refractivity contribution in [3.8, 4) is 22.4 Å². The van der Waals surface area contributed by atoms with Crippen LogP contribution in [-0.4, -0.2) is 31.4 Å². The van der Waals surface area contributed by atoms with Crippen molar-refractivity contribution in [2.75, 3.05) is 6.54 Å². The number of amides is 1. The second-order valence-electron chi connectivity index (χ2n) is 8.86. The van der Waals surface area contributed by atoms with Crippen LogP contribution in [0.25, 0.3) is 34.1 Å². The molecule has 1 aromatic carbocycles. The number of aryl methyl sites for hydroxylation is 3. The van der Waals surface area contributed by atoms with Crippen molar-refractivity contribution in [3.63, 3.8) is 0 Å². The second kappa shape index (κ2) is 10.00. The van der Waals surface area contributed by atoms with Gasteiger partial charge in [-0.1, -0.05) is 30.9 Å². The predicted molar refractivity (Wildman–Crippen MR) is 141 cm³/mol. The molecule has 0 radical (unpaired) electrons. The average Bonchev–Trinajstić information content (AvgIpc) is 3.54. The number of benzene rings is 1. The fourth-order valence-corrected chi connectivity index (χ4v) is 4.51. The van der Waals surface area contributed by atoms with Crippen molar-refractivity contribution in [1.82, 2.24) is 24.3 Å². The van der Waals surface area contributed by atoms with E-state index in [-0.39, 0.29) is 5.91 Å². The van der Waals surface area contributed by atoms with Crippen LogP contribution in [0.2, 0.25) is 0 Å². The Morgan fingerprint density at radius 2 is 2.03 bits per heavy atom. The smallest absolute Gasteiger partial charge is 0.295 e. The molecular formula is C29H29N6O+. The van der Waals surface area contributed by atoms with E-state index < -0.39 is 0 Å². The number of nitrogens with zero attached hydrogens (tertiary/aromatic N) is 5. The van der Waals surface area contributed by atoms with Gasteiger partial charge in [0.25, 0.3) is 11.6 Å². The van der Waals surface area contributed by atoms with Crippen molar-refractivity contribution in [2.45, 2.75) is 19.9 Å². The van der Waals surface area contributed by atoms with E-state index in [1.807, 2.05) is 63.6 Å². The summed E-state index contributed by atoms with van der Waals surface area (Å²) in [5.74, 6) is -0.101. The molecule has 1 N–H and O–H groups in total. The van der Waals surface area contributed by atoms with Crippen molar-refractivity contribution in [2.24, 2.45) is 7.05 Å². The Kier molecular flexibility index (Phi) is 6.45. The molecule has 180 valence electrons. The van der Waals surface area contributed by atoms with Crippen LogP contribution in [0.15, 0.2) is 86.4 Å². The minimum Gasteiger partial charge on any atom is -0.349 e. The van der Waals surface area contributed by atoms with E-state index in [0.717, 1.165) is 52.1 Å². The molecule has 0 spiro atoms. The van der Waals surface area contributed by atoms with Gasteiger partial charge in [0, 0.05) is 54.4 Å². The molecule has 0 aliphatic rings. The molecule has 0 unspecified atom stereocenters. The highest BCUT2D eigenvalue weighted by atomic mass is 16.1. The molecule has 5 aromatic rings. The van der Waals surface area contributed by atoms with E-state index in [0.29, 0.717) is 12.2 Å². The molecule has 36 heavy (non-hydrogen) atoms. The van der Waals surface area contributed by atoms with E-state index in [4.69, 9.17) is 4.98 Å². The standard InChI is InChI=1S/C29H28N6O/c1-4-22-8-9-23(17-21(22)2)28-25(7-5-12-31-28)24-10-11-27-33(3)19-26(35(27)18-24)29(36)32-13-6-15-34-16-14-30-20-34/h4-5,7-12,14,16-20H,1,6,13,15H2,2-3H3/p+1. The maximum atomic E-state index is 13.1. The first kappa shape index (κ1) is 23.2. The van der Waals surface area contributed by atoms with E-state index in [2.05, 4.69) is 54.1 Å². The number of fused-ring (bicyclic) bond motifs is 1. The lowest BCUT2D eigenvalue weighted by atomic mass is 9.97. The number of carbonyl (C=O) groups is 1. The van der Waals surface area contributed by atoms with Gasteiger partial charge in [-0.2, -0.15) is 4.40 Å². The Morgan fingerprint density at radius 1 is 1.17 bits per heavy atom. The van der Waals surface area contributed by atoms with Gasteiger partial charge in [-0.25, -0.2) is 9.55 Å². The summed E-state index contributed by atoms with van der Waals surface area (Å²) in [7, 11) is 1.95. The van der Waals surface area contributed by atoms with Gasteiger partial charge in [-0.05, 0) is 42.7 Å². The van der Waals surface area contributed by atoms with Crippen molar-refractivity contribution < 1.29 is 9.36 Å². The molecule has 1 amide bonds. The zero-order valence-electron chi connectivity index (χ0n) is 20.6. The highest BCUT2D eigenvalue weighted by molar-refractivity contribution is 5.93. The zero-order chi connectivity index (χ0) is 25.1. The first-order valence-corrected chi connectivity index (χ1v) is 12.0. The van der Waals surface area contributed by atoms with Gasteiger partial charge in [0.05, 0.1) is 19.1 Å². The molecule has 0 aliphatic carbocycles. The van der Waals surface area contributed by atoms with E-state index in [1.165, 1.54) is 0 Å². The maximum Gasteiger partial charge on any atom is 0.295 e. The molecule has 0 aliphatic heterocycles. The molecule has 4 aromatic heterocycles. The monoisotopic (exact) mass is 477 g/mol. The maximum absolute atomic E-state index is 13.1. The van der Waals surface area contributed by atoms with Crippen LogP contribution in [0.3, 0.4) is 0 Å². The van der Waals surface area contributed by atoms with Crippen molar-refractivity contribution in [1.29, 1.82) is 0 Å². The van der Waals surface area contributed by atoms with Gasteiger partial charge >= 0.3 is 0 Å². The van der Waals surface area contributed by atoms with Crippen molar-refractivity contribution >= 4 is 17.6 Å². The molecule has 0 saturated carbocycles. The van der Waals surface area contributed by atoms with Gasteiger partial charge in [0.1, 0.15) is 12.4 Å². The van der Waals surface area contributed by atoms with Gasteiger partial charge in [0.2, 0.25) is 5.69 Å². The number of pyridine rings is 2. The number of hydrogen-bond donors (Lipinski definition) is 1. The lowest BCUT2D eigenvalue weighted by Gasteiger charge is -2.10. The first-order chi connectivity index (χ1) is 17.5. The number of imidazole rings is 2. The summed E-state index contributed by atoms with van der Waals surface area (Å²) in [4.78, 5) is 21.8. The second-order valence-corrected chi connectivity index (χ2v) is 8.86. The summed E-state index contributed by atoms with van der Waals surface area (Å²) >= 11 is 0. The molecule has 0 fully saturated rings. The third-order valence-electron chi connectivity index (χ3n) is 6.42. The third-order valence-corrected chi connectivity index (χ3v) is 6.42. The van der Waals surface area contributed by atoms with Crippen LogP contribution >= 0.6 is 0 Å². The average molecular weight is 478 g/mol. The van der Waals surface area contributed by atoms with Gasteiger partial charge < -0.3 is 9.88 Å². The molecule has 7 nitrogen and oxygen atoms in total. The quantitative estimate of drug-likeness (QED) is 0.265. The molecule has 0 saturated heterocycles. The largest absolute Gasteiger partial charge is 0.349 e. The first-order valence-electron chi connectivity index (χ1n) is 12.0. The Hall–Kier alpha value is -4.52. The molecule has 5 rings (SSSR count). The molecule has 4 heterocycles. The number of hydrogen-bond acceptors (Lipinski definition) is 3. The minimum atomic E-state index is -0.101. The highest BCUT2D eigenvalue weighted by Gasteiger charge is 2.22. The van der Waals surface area contributed by atoms with Crippen LogP contribution in [0.1, 0.15) is 28.0 Å². The highest BCUT2D eigenvalue weighted by Crippen LogP contribution is 2.31. The van der Waals surface area contributed by atoms with Crippen LogP contribution < -0.4 is 9.88 Å². The predicted octanol–water partition coefficient (Wildman–Crippen LogP) is 4.46. The van der Waals surface area contributed by atoms with E-state index in [1.54, 1.807) is 12.5 Å². The van der Waals surface area contributed by atoms with Gasteiger partial charge in [-0.3, -0.25) is 9.78 Å². The van der Waals surface area contributed by atoms with Crippen LogP contribution in [0.4, 0.5) is 0 Å². The fourth-order valence-electron chi connectivity index (χ4n) is 4.51. The number of aromatic nitrogens is 5. The van der Waals surface area contributed by atoms with Crippen LogP contribution in [0, 0.1) is 6.92 Å². The van der Waals surface area contributed by atoms with Crippen LogP contribution in [0.5, 0.6) is 0 Å². The summed E-state index contributed by atoms with van der Waals surface area (Å²) in [6.07, 6.45) is 13.8. The Balaban J connectivity index is 1.45. The summed E-state index contributed by atoms with van der Waals surface area (Å²) < 4.78 is 5.91. The SMILES string of the molecule is C=Cc1ccc(-c2ncccc2-c2ccc3n(c2)c(C(=O)NCCCn2ccnc2)c[n+]3C)cc1C. The molecule has 0 bridgehead atoms. The lowest BCUT2D eigenvalue weighted by molar-refractivity contribution is -0.644. The summed E-state index contributed by atoms with van der Waals surface area (Å²) in [5.41, 5.74) is 7.72. The third kappa shape index (κ3) is 4.55. The molecule has 0 atom stereocenters. The zero-order valence-corrected chi connectivity index (χ0v) is 20.6. The summed E-state index contributed by atoms with van der Waals surface area (Å²) in [5, 5.41) is 3.05. The fraction of sp³-hybridized carbons (Fsp3) is 0.172. The number of nitrogens with one attached hydrogen (secondary N) is 1. The lowest BCUT2D eigenvalue weighted by Crippen LogP contribution is -2.27. The summed E-state index contributed by atoms with van der Waals surface area (Å²) in [6.45, 7) is 7.36. The molecular weight excluding hydrogens is 448 g/mol. The number of carbonyl (C=O) groups excluding carboxylic acids is 1. The number of rotatable bonds is 8. The molecule has 7 heteroatoms. The van der Waals surface area contributed by atoms with E-state index in [9.17, 15) is 4.79 Å². The van der Waals surface area contributed by atoms with Crippen LogP contribution in [-0.2, 0) is 13.6 Å². The Labute approximate surface area is 210 Å². The topological polar surface area (TPSA) is 68.1 Å². The Morgan fingerprint density at radius 3 is 2.81 bits per heavy atom. The minimum absolute atomic E-state index is 0.101. The van der Waals surface area contributed by atoms with Gasteiger partial charge in [0.15, 0.2) is 0 Å². The van der Waals surface area contributed by atoms with Crippen molar-refractivity contribution in [3.05, 3.63) is 103 Å². The van der Waals surface area contributed by atoms with Gasteiger partial charge in [-0.15, -0.1) is 0 Å². The Bertz CT molecular complexity index is 1550. The summed E-state index contributed by atoms with van der Waals surface area (Å²) in [6, 6.07) is 14.4.